The Hall–Kier alpha value is 1.05. The first-order valence-electron chi connectivity index (χ1n) is 4.90. The summed E-state index contributed by atoms with van der Waals surface area (Å²) in [6.07, 6.45) is 1.82. The maximum atomic E-state index is 11.2. The minimum Gasteiger partial charge on any atom is -0.540 e. The van der Waals surface area contributed by atoms with Crippen molar-refractivity contribution in [1.29, 1.82) is 0 Å². The van der Waals surface area contributed by atoms with E-state index in [0.29, 0.717) is 5.75 Å². The van der Waals surface area contributed by atoms with Crippen molar-refractivity contribution in [2.24, 2.45) is 0 Å². The van der Waals surface area contributed by atoms with Crippen LogP contribution >= 0.6 is 29.2 Å². The summed E-state index contributed by atoms with van der Waals surface area (Å²) in [5, 5.41) is 5.09. The van der Waals surface area contributed by atoms with Crippen LogP contribution in [0, 0.1) is 0 Å². The fourth-order valence-corrected chi connectivity index (χ4v) is 3.00. The molecular weight excluding hydrogens is 388 g/mol. The molecule has 0 aromatic heterocycles. The summed E-state index contributed by atoms with van der Waals surface area (Å²) < 4.78 is 15.2. The summed E-state index contributed by atoms with van der Waals surface area (Å²) >= 11 is 0. The topological polar surface area (TPSA) is 105 Å². The maximum absolute atomic E-state index is 11.2. The predicted octanol–water partition coefficient (Wildman–Crippen LogP) is -0.0315. The van der Waals surface area contributed by atoms with Crippen molar-refractivity contribution in [2.45, 2.75) is 6.04 Å². The zero-order chi connectivity index (χ0) is 14.0. The van der Waals surface area contributed by atoms with Gasteiger partial charge in [0.25, 0.3) is 0 Å². The van der Waals surface area contributed by atoms with Crippen LogP contribution in [-0.2, 0) is 51.4 Å². The number of likely N-dealkylation sites (N-methyl/N-ethyl adjacent to an activating group) is 1. The Morgan fingerprint density at radius 3 is 2.63 bits per heavy atom. The number of carbonyl (C=O) groups is 1. The van der Waals surface area contributed by atoms with Crippen molar-refractivity contribution < 1.29 is 56.3 Å². The van der Waals surface area contributed by atoms with Gasteiger partial charge in [-0.2, -0.15) is 0 Å². The third-order valence-electron chi connectivity index (χ3n) is 1.57. The van der Waals surface area contributed by atoms with Crippen LogP contribution in [0.5, 0.6) is 0 Å². The summed E-state index contributed by atoms with van der Waals surface area (Å²) in [5.74, 6) is 0.370. The van der Waals surface area contributed by atoms with Crippen LogP contribution in [0.3, 0.4) is 0 Å². The zero-order valence-electron chi connectivity index (χ0n) is 10.6. The molecule has 0 aliphatic rings. The van der Waals surface area contributed by atoms with Crippen molar-refractivity contribution in [2.75, 3.05) is 31.9 Å². The standard InChI is InChI=1S/C8H16N2O5PS2.Y/c1-9-7(3-11)4-17-18-5-8(12)10-6-15-16(2,13)14;/h7,9H,4-6H2,1-2H3,(H,10,12)(H,13,14);/q-1;. The molecule has 19 heavy (non-hydrogen) atoms. The van der Waals surface area contributed by atoms with Gasteiger partial charge in [0.05, 0.1) is 5.75 Å². The summed E-state index contributed by atoms with van der Waals surface area (Å²) in [7, 11) is 0.743. The van der Waals surface area contributed by atoms with Crippen LogP contribution in [0.2, 0.25) is 0 Å². The van der Waals surface area contributed by atoms with Gasteiger partial charge in [0.15, 0.2) is 0 Å². The van der Waals surface area contributed by atoms with E-state index < -0.39 is 7.60 Å². The Balaban J connectivity index is 0. The molecule has 1 radical (unpaired) electrons. The largest absolute Gasteiger partial charge is 0.540 e. The van der Waals surface area contributed by atoms with Crippen LogP contribution < -0.4 is 10.6 Å². The Kier molecular flexibility index (Phi) is 15.0. The molecule has 1 amide bonds. The summed E-state index contributed by atoms with van der Waals surface area (Å²) in [6.45, 7) is 0.743. The number of hydrogen-bond donors (Lipinski definition) is 3. The van der Waals surface area contributed by atoms with Crippen molar-refractivity contribution in [3.8, 4) is 0 Å². The van der Waals surface area contributed by atoms with E-state index in [2.05, 4.69) is 15.2 Å². The van der Waals surface area contributed by atoms with Gasteiger partial charge in [-0.25, -0.2) is 6.29 Å². The zero-order valence-corrected chi connectivity index (χ0v) is 16.0. The number of rotatable bonds is 10. The molecule has 0 bridgehead atoms. The summed E-state index contributed by atoms with van der Waals surface area (Å²) in [6, 6.07) is -0.353. The molecule has 109 valence electrons. The number of hydrogen-bond acceptors (Lipinski definition) is 7. The molecule has 0 saturated heterocycles. The van der Waals surface area contributed by atoms with Gasteiger partial charge in [-0.05, 0) is 12.8 Å². The third kappa shape index (κ3) is 15.3. The molecule has 11 heteroatoms. The van der Waals surface area contributed by atoms with E-state index >= 15 is 0 Å². The molecule has 0 saturated carbocycles. The van der Waals surface area contributed by atoms with E-state index in [1.807, 2.05) is 6.29 Å². The van der Waals surface area contributed by atoms with Crippen LogP contribution in [-0.4, -0.2) is 55.1 Å². The first kappa shape index (κ1) is 22.3. The second kappa shape index (κ2) is 12.8. The Morgan fingerprint density at radius 2 is 2.16 bits per heavy atom. The van der Waals surface area contributed by atoms with Gasteiger partial charge in [0, 0.05) is 39.4 Å². The smallest absolute Gasteiger partial charge is 0.326 e. The van der Waals surface area contributed by atoms with E-state index in [0.717, 1.165) is 6.66 Å². The van der Waals surface area contributed by atoms with Crippen molar-refractivity contribution in [1.82, 2.24) is 10.6 Å². The molecule has 0 heterocycles. The van der Waals surface area contributed by atoms with Gasteiger partial charge < -0.3 is 20.3 Å². The van der Waals surface area contributed by atoms with Crippen LogP contribution in [0.4, 0.5) is 0 Å². The molecule has 0 spiro atoms. The molecule has 0 aliphatic heterocycles. The average molecular weight is 404 g/mol. The van der Waals surface area contributed by atoms with Crippen LogP contribution in [0.1, 0.15) is 0 Å². The Morgan fingerprint density at radius 1 is 1.53 bits per heavy atom. The van der Waals surface area contributed by atoms with E-state index in [4.69, 9.17) is 4.89 Å². The molecule has 0 rings (SSSR count). The molecule has 2 unspecified atom stereocenters. The van der Waals surface area contributed by atoms with E-state index in [9.17, 15) is 14.2 Å². The van der Waals surface area contributed by atoms with Gasteiger partial charge in [0.1, 0.15) is 6.73 Å². The molecule has 0 aliphatic carbocycles. The minimum absolute atomic E-state index is 0. The van der Waals surface area contributed by atoms with Crippen molar-refractivity contribution >= 4 is 41.4 Å². The molecule has 0 aromatic carbocycles. The molecule has 0 fully saturated rings. The van der Waals surface area contributed by atoms with Gasteiger partial charge in [-0.3, -0.25) is 13.9 Å². The Bertz CT molecular complexity index is 318. The quantitative estimate of drug-likeness (QED) is 0.153. The fraction of sp³-hybridized carbons (Fsp3) is 0.750. The normalized spacial score (nSPS) is 14.9. The van der Waals surface area contributed by atoms with Crippen LogP contribution in [0.15, 0.2) is 0 Å². The van der Waals surface area contributed by atoms with Gasteiger partial charge in [-0.1, -0.05) is 27.6 Å². The van der Waals surface area contributed by atoms with Crippen molar-refractivity contribution in [3.63, 3.8) is 0 Å². The van der Waals surface area contributed by atoms with Crippen molar-refractivity contribution in [3.05, 3.63) is 0 Å². The Labute approximate surface area is 145 Å². The van der Waals surface area contributed by atoms with Gasteiger partial charge >= 0.3 is 7.60 Å². The number of carbonyl (C=O) groups excluding carboxylic acids is 2. The van der Waals surface area contributed by atoms with Crippen LogP contribution in [0.25, 0.3) is 0 Å². The van der Waals surface area contributed by atoms with E-state index in [-0.39, 0.29) is 57.1 Å². The SMILES string of the molecule is CNC([C-]=O)CSSCC(=O)NCOP(C)(=O)O.[Y]. The minimum atomic E-state index is -3.55. The average Bonchev–Trinajstić information content (AvgIpc) is 2.27. The maximum Gasteiger partial charge on any atom is 0.326 e. The van der Waals surface area contributed by atoms with Gasteiger partial charge in [0.2, 0.25) is 5.91 Å². The fourth-order valence-electron chi connectivity index (χ4n) is 0.671. The molecule has 0 aromatic rings. The second-order valence-electron chi connectivity index (χ2n) is 3.18. The first-order chi connectivity index (χ1) is 8.39. The molecular formula is C8H16N2O5PS2Y-. The molecule has 2 atom stereocenters. The number of amides is 1. The first-order valence-corrected chi connectivity index (χ1v) is 9.41. The summed E-state index contributed by atoms with van der Waals surface area (Å²) in [4.78, 5) is 30.4. The van der Waals surface area contributed by atoms with E-state index in [1.165, 1.54) is 21.6 Å². The molecule has 7 nitrogen and oxygen atoms in total. The van der Waals surface area contributed by atoms with E-state index in [1.54, 1.807) is 7.05 Å². The monoisotopic (exact) mass is 404 g/mol. The molecule has 3 N–H and O–H groups in total. The third-order valence-corrected chi connectivity index (χ3v) is 4.46. The summed E-state index contributed by atoms with van der Waals surface area (Å²) in [5.41, 5.74) is 0. The second-order valence-corrected chi connectivity index (χ2v) is 7.55. The predicted molar refractivity (Wildman–Crippen MR) is 73.3 cm³/mol. The number of nitrogens with one attached hydrogen (secondary N) is 2. The van der Waals surface area contributed by atoms with Gasteiger partial charge in [-0.15, -0.1) is 0 Å².